The molecule has 0 aromatic carbocycles. The maximum atomic E-state index is 12.8. The zero-order chi connectivity index (χ0) is 23.4. The molecule has 2 aliphatic rings. The Morgan fingerprint density at radius 3 is 2.88 bits per heavy atom. The quantitative estimate of drug-likeness (QED) is 0.621. The summed E-state index contributed by atoms with van der Waals surface area (Å²) in [5, 5.41) is 7.32. The van der Waals surface area contributed by atoms with Crippen LogP contribution in [0.5, 0.6) is 0 Å². The van der Waals surface area contributed by atoms with Crippen LogP contribution in [0.25, 0.3) is 11.3 Å². The maximum absolute atomic E-state index is 12.8. The van der Waals surface area contributed by atoms with Gasteiger partial charge < -0.3 is 15.4 Å². The minimum Gasteiger partial charge on any atom is -0.376 e. The number of ether oxygens (including phenoxy) is 1. The van der Waals surface area contributed by atoms with Crippen molar-refractivity contribution < 1.29 is 9.53 Å². The molecular formula is C25H34ClN5O2. The van der Waals surface area contributed by atoms with Crippen LogP contribution < -0.4 is 10.6 Å². The molecule has 4 heterocycles. The Morgan fingerprint density at radius 2 is 2.12 bits per heavy atom. The molecule has 0 radical (unpaired) electrons. The Kier molecular flexibility index (Phi) is 7.62. The number of hydrogen-bond donors (Lipinski definition) is 2. The molecule has 0 aliphatic carbocycles. The third-order valence-corrected chi connectivity index (χ3v) is 6.97. The number of rotatable bonds is 7. The molecule has 2 aromatic rings. The lowest BCUT2D eigenvalue weighted by Gasteiger charge is -2.35. The van der Waals surface area contributed by atoms with Crippen LogP contribution in [0.2, 0.25) is 5.02 Å². The van der Waals surface area contributed by atoms with Gasteiger partial charge in [-0.1, -0.05) is 11.6 Å². The van der Waals surface area contributed by atoms with Gasteiger partial charge in [0.2, 0.25) is 0 Å². The van der Waals surface area contributed by atoms with Gasteiger partial charge in [0.05, 0.1) is 28.7 Å². The van der Waals surface area contributed by atoms with Crippen molar-refractivity contribution >= 4 is 23.2 Å². The van der Waals surface area contributed by atoms with Gasteiger partial charge in [0, 0.05) is 55.5 Å². The zero-order valence-corrected chi connectivity index (χ0v) is 20.5. The van der Waals surface area contributed by atoms with Gasteiger partial charge in [0.1, 0.15) is 11.6 Å². The van der Waals surface area contributed by atoms with Gasteiger partial charge in [-0.05, 0) is 58.4 Å². The van der Waals surface area contributed by atoms with Crippen molar-refractivity contribution in [1.82, 2.24) is 20.3 Å². The molecule has 8 heteroatoms. The van der Waals surface area contributed by atoms with Crippen LogP contribution in [0.1, 0.15) is 52.1 Å². The first kappa shape index (κ1) is 24.0. The number of hydrogen-bond acceptors (Lipinski definition) is 7. The first-order valence-corrected chi connectivity index (χ1v) is 12.3. The number of pyridine rings is 1. The average Bonchev–Trinajstić information content (AvgIpc) is 2.79. The number of nitrogens with zero attached hydrogens (tertiary/aromatic N) is 3. The second-order valence-electron chi connectivity index (χ2n) is 10.0. The summed E-state index contributed by atoms with van der Waals surface area (Å²) in [5.41, 5.74) is 2.04. The summed E-state index contributed by atoms with van der Waals surface area (Å²) in [6.07, 6.45) is 9.32. The van der Waals surface area contributed by atoms with Gasteiger partial charge in [0.15, 0.2) is 0 Å². The monoisotopic (exact) mass is 471 g/mol. The van der Waals surface area contributed by atoms with Gasteiger partial charge in [-0.25, -0.2) is 4.98 Å². The Morgan fingerprint density at radius 1 is 1.27 bits per heavy atom. The number of nitrogens with one attached hydrogen (secondary N) is 2. The highest BCUT2D eigenvalue weighted by Gasteiger charge is 2.28. The summed E-state index contributed by atoms with van der Waals surface area (Å²) in [7, 11) is 0. The standard InChI is InChI=1S/C25H34ClN5O2/c1-16-4-5-18(12-28-16)23(32)9-19-8-20(21(26)13-29-19)22-14-27-15-24(31-22)30-11-17-6-7-33-25(2,3)10-17/h8,13-18,28H,4-7,9-12H2,1-3H3,(H,30,31)/t16-,17-,18-/m1/s1. The van der Waals surface area contributed by atoms with Crippen LogP contribution in [-0.2, 0) is 16.0 Å². The second kappa shape index (κ2) is 10.5. The molecule has 4 rings (SSSR count). The molecule has 178 valence electrons. The number of ketones is 1. The number of carbonyl (C=O) groups is 1. The van der Waals surface area contributed by atoms with Crippen LogP contribution >= 0.6 is 11.6 Å². The lowest BCUT2D eigenvalue weighted by Crippen LogP contribution is -2.40. The van der Waals surface area contributed by atoms with Gasteiger partial charge in [-0.3, -0.25) is 14.8 Å². The number of anilines is 1. The summed E-state index contributed by atoms with van der Waals surface area (Å²) >= 11 is 6.46. The Bertz CT molecular complexity index is 975. The molecule has 0 bridgehead atoms. The topological polar surface area (TPSA) is 89.0 Å². The van der Waals surface area contributed by atoms with Crippen molar-refractivity contribution in [3.05, 3.63) is 35.4 Å². The van der Waals surface area contributed by atoms with Crippen LogP contribution in [0.3, 0.4) is 0 Å². The number of halogens is 1. The van der Waals surface area contributed by atoms with Crippen molar-refractivity contribution in [3.63, 3.8) is 0 Å². The lowest BCUT2D eigenvalue weighted by atomic mass is 9.88. The molecular weight excluding hydrogens is 438 g/mol. The predicted octanol–water partition coefficient (Wildman–Crippen LogP) is 4.31. The normalized spacial score (nSPS) is 24.9. The number of piperidine rings is 1. The highest BCUT2D eigenvalue weighted by Crippen LogP contribution is 2.30. The summed E-state index contributed by atoms with van der Waals surface area (Å²) in [6.45, 7) is 8.78. The minimum absolute atomic E-state index is 0.0459. The van der Waals surface area contributed by atoms with Crippen molar-refractivity contribution in [1.29, 1.82) is 0 Å². The summed E-state index contributed by atoms with van der Waals surface area (Å²) in [6, 6.07) is 2.35. The summed E-state index contributed by atoms with van der Waals surface area (Å²) < 4.78 is 5.82. The first-order valence-electron chi connectivity index (χ1n) is 11.9. The summed E-state index contributed by atoms with van der Waals surface area (Å²) in [4.78, 5) is 26.3. The van der Waals surface area contributed by atoms with Crippen molar-refractivity contribution in [2.45, 2.75) is 64.5 Å². The van der Waals surface area contributed by atoms with E-state index in [-0.39, 0.29) is 17.3 Å². The van der Waals surface area contributed by atoms with E-state index in [4.69, 9.17) is 21.3 Å². The molecule has 7 nitrogen and oxygen atoms in total. The third-order valence-electron chi connectivity index (χ3n) is 6.67. The van der Waals surface area contributed by atoms with E-state index in [2.05, 4.69) is 41.4 Å². The van der Waals surface area contributed by atoms with Gasteiger partial charge in [-0.2, -0.15) is 0 Å². The van der Waals surface area contributed by atoms with E-state index in [1.165, 1.54) is 0 Å². The van der Waals surface area contributed by atoms with Crippen LogP contribution in [-0.4, -0.2) is 52.1 Å². The maximum Gasteiger partial charge on any atom is 0.145 e. The first-order chi connectivity index (χ1) is 15.8. The fourth-order valence-electron chi connectivity index (χ4n) is 4.73. The number of carbonyl (C=O) groups excluding carboxylic acids is 1. The molecule has 2 N–H and O–H groups in total. The van der Waals surface area contributed by atoms with Crippen LogP contribution in [0, 0.1) is 11.8 Å². The van der Waals surface area contributed by atoms with Crippen molar-refractivity contribution in [3.8, 4) is 11.3 Å². The Labute approximate surface area is 201 Å². The van der Waals surface area contributed by atoms with E-state index in [0.717, 1.165) is 50.9 Å². The van der Waals surface area contributed by atoms with Crippen LogP contribution in [0.4, 0.5) is 5.82 Å². The highest BCUT2D eigenvalue weighted by molar-refractivity contribution is 6.33. The zero-order valence-electron chi connectivity index (χ0n) is 19.7. The van der Waals surface area contributed by atoms with Gasteiger partial charge in [-0.15, -0.1) is 0 Å². The Balaban J connectivity index is 1.42. The van der Waals surface area contributed by atoms with E-state index in [1.54, 1.807) is 18.6 Å². The van der Waals surface area contributed by atoms with Crippen LogP contribution in [0.15, 0.2) is 24.7 Å². The molecule has 0 saturated carbocycles. The molecule has 0 unspecified atom stereocenters. The number of Topliss-reactive ketones (excluding diaryl/α,β-unsaturated/α-hetero) is 1. The average molecular weight is 472 g/mol. The van der Waals surface area contributed by atoms with Gasteiger partial charge in [0.25, 0.3) is 0 Å². The third kappa shape index (κ3) is 6.49. The largest absolute Gasteiger partial charge is 0.376 e. The molecule has 3 atom stereocenters. The van der Waals surface area contributed by atoms with Crippen molar-refractivity contribution in [2.75, 3.05) is 25.0 Å². The molecule has 2 aromatic heterocycles. The van der Waals surface area contributed by atoms with Crippen molar-refractivity contribution in [2.24, 2.45) is 11.8 Å². The van der Waals surface area contributed by atoms with E-state index in [0.29, 0.717) is 40.6 Å². The minimum atomic E-state index is -0.0809. The fraction of sp³-hybridized carbons (Fsp3) is 0.600. The smallest absolute Gasteiger partial charge is 0.145 e. The second-order valence-corrected chi connectivity index (χ2v) is 10.4. The Hall–Kier alpha value is -2.09. The molecule has 0 spiro atoms. The molecule has 2 aliphatic heterocycles. The lowest BCUT2D eigenvalue weighted by molar-refractivity contribution is -0.122. The predicted molar refractivity (Wildman–Crippen MR) is 130 cm³/mol. The van der Waals surface area contributed by atoms with E-state index >= 15 is 0 Å². The number of aromatic nitrogens is 3. The van der Waals surface area contributed by atoms with E-state index in [9.17, 15) is 4.79 Å². The highest BCUT2D eigenvalue weighted by atomic mass is 35.5. The fourth-order valence-corrected chi connectivity index (χ4v) is 4.93. The molecule has 0 amide bonds. The van der Waals surface area contributed by atoms with E-state index in [1.807, 2.05) is 6.07 Å². The van der Waals surface area contributed by atoms with E-state index < -0.39 is 0 Å². The SMILES string of the molecule is C[C@@H]1CC[C@@H](C(=O)Cc2cc(-c3cncc(NC[C@@H]4CCOC(C)(C)C4)n3)c(Cl)cn2)CN1. The van der Waals surface area contributed by atoms with Gasteiger partial charge >= 0.3 is 0 Å². The molecule has 2 saturated heterocycles. The molecule has 2 fully saturated rings. The summed E-state index contributed by atoms with van der Waals surface area (Å²) in [5.74, 6) is 1.50. The molecule has 33 heavy (non-hydrogen) atoms.